The molecule has 0 radical (unpaired) electrons. The van der Waals surface area contributed by atoms with Crippen LogP contribution < -0.4 is 10.6 Å². The maximum absolute atomic E-state index is 15.0. The van der Waals surface area contributed by atoms with Crippen molar-refractivity contribution in [1.29, 1.82) is 0 Å². The number of carbonyl (C=O) groups is 2. The Hall–Kier alpha value is -3.56. The average Bonchev–Trinajstić information content (AvgIpc) is 3.76. The molecule has 2 saturated carbocycles. The number of hydrogen-bond donors (Lipinski definition) is 3. The molecule has 3 aromatic rings. The molecular weight excluding hydrogens is 449 g/mol. The van der Waals surface area contributed by atoms with Gasteiger partial charge >= 0.3 is 0 Å². The molecule has 5 rings (SSSR count). The number of aryl methyl sites for hydroxylation is 3. The standard InChI is InChI=1S/C25H30FN7O2/c1-4-33-18(11-12-27-33)24(34)30-22(21(15-5-6-15)16-7-8-16)25(35)29-19-10-9-17(23(26)28-19)20-13(2)31-32-14(20)3/h9-12,15-16,21-22H,4-8H2,1-3H3,(H,30,34)(H,31,32)(H,28,29,35). The summed E-state index contributed by atoms with van der Waals surface area (Å²) >= 11 is 0. The third kappa shape index (κ3) is 4.69. The Bertz CT molecular complexity index is 1230. The van der Waals surface area contributed by atoms with E-state index in [4.69, 9.17) is 0 Å². The molecule has 3 N–H and O–H groups in total. The fraction of sp³-hybridized carbons (Fsp3) is 0.480. The van der Waals surface area contributed by atoms with Crippen LogP contribution in [-0.4, -0.2) is 42.8 Å². The molecule has 9 nitrogen and oxygen atoms in total. The average molecular weight is 480 g/mol. The third-order valence-corrected chi connectivity index (χ3v) is 7.03. The predicted octanol–water partition coefficient (Wildman–Crippen LogP) is 3.62. The van der Waals surface area contributed by atoms with E-state index in [0.29, 0.717) is 40.9 Å². The number of nitrogens with one attached hydrogen (secondary N) is 3. The quantitative estimate of drug-likeness (QED) is 0.405. The fourth-order valence-corrected chi connectivity index (χ4v) is 5.06. The first-order valence-electron chi connectivity index (χ1n) is 12.2. The van der Waals surface area contributed by atoms with Gasteiger partial charge in [0.25, 0.3) is 5.91 Å². The molecule has 184 valence electrons. The van der Waals surface area contributed by atoms with E-state index in [1.807, 2.05) is 13.8 Å². The summed E-state index contributed by atoms with van der Waals surface area (Å²) < 4.78 is 16.6. The number of nitrogens with zero attached hydrogens (tertiary/aromatic N) is 4. The summed E-state index contributed by atoms with van der Waals surface area (Å²) in [6, 6.07) is 4.09. The van der Waals surface area contributed by atoms with E-state index in [1.165, 1.54) is 0 Å². The lowest BCUT2D eigenvalue weighted by Crippen LogP contribution is -2.50. The van der Waals surface area contributed by atoms with Crippen LogP contribution in [0.5, 0.6) is 0 Å². The van der Waals surface area contributed by atoms with Gasteiger partial charge in [-0.3, -0.25) is 19.4 Å². The molecule has 2 amide bonds. The molecule has 0 bridgehead atoms. The van der Waals surface area contributed by atoms with Crippen LogP contribution in [0.3, 0.4) is 0 Å². The highest BCUT2D eigenvalue weighted by Crippen LogP contribution is 2.51. The van der Waals surface area contributed by atoms with E-state index in [-0.39, 0.29) is 23.6 Å². The summed E-state index contributed by atoms with van der Waals surface area (Å²) in [6.45, 7) is 6.06. The number of H-pyrrole nitrogens is 1. The minimum absolute atomic E-state index is 0.0531. The van der Waals surface area contributed by atoms with E-state index < -0.39 is 12.0 Å². The Morgan fingerprint density at radius 2 is 1.89 bits per heavy atom. The van der Waals surface area contributed by atoms with Gasteiger partial charge in [-0.1, -0.05) is 0 Å². The van der Waals surface area contributed by atoms with Crippen molar-refractivity contribution in [2.45, 2.75) is 59.0 Å². The molecule has 1 atom stereocenters. The molecule has 0 saturated heterocycles. The van der Waals surface area contributed by atoms with E-state index in [2.05, 4.69) is 30.9 Å². The Balaban J connectivity index is 1.38. The van der Waals surface area contributed by atoms with Gasteiger partial charge in [0.05, 0.1) is 5.69 Å². The number of carbonyl (C=O) groups excluding carboxylic acids is 2. The second-order valence-electron chi connectivity index (χ2n) is 9.57. The Morgan fingerprint density at radius 3 is 2.46 bits per heavy atom. The molecular formula is C25H30FN7O2. The van der Waals surface area contributed by atoms with Crippen LogP contribution in [0.1, 0.15) is 54.5 Å². The van der Waals surface area contributed by atoms with Crippen LogP contribution in [0.2, 0.25) is 0 Å². The van der Waals surface area contributed by atoms with Gasteiger partial charge in [-0.05, 0) is 82.4 Å². The molecule has 2 fully saturated rings. The zero-order chi connectivity index (χ0) is 24.7. The number of aromatic amines is 1. The van der Waals surface area contributed by atoms with Crippen LogP contribution >= 0.6 is 0 Å². The highest BCUT2D eigenvalue weighted by atomic mass is 19.1. The monoisotopic (exact) mass is 479 g/mol. The zero-order valence-electron chi connectivity index (χ0n) is 20.1. The highest BCUT2D eigenvalue weighted by Gasteiger charge is 2.48. The first-order chi connectivity index (χ1) is 16.9. The van der Waals surface area contributed by atoms with Crippen molar-refractivity contribution >= 4 is 17.6 Å². The Morgan fingerprint density at radius 1 is 1.17 bits per heavy atom. The number of anilines is 1. The van der Waals surface area contributed by atoms with Gasteiger partial charge in [-0.2, -0.15) is 14.6 Å². The molecule has 0 aliphatic heterocycles. The van der Waals surface area contributed by atoms with Crippen molar-refractivity contribution in [3.63, 3.8) is 0 Å². The second-order valence-corrected chi connectivity index (χ2v) is 9.57. The first-order valence-corrected chi connectivity index (χ1v) is 12.2. The smallest absolute Gasteiger partial charge is 0.270 e. The van der Waals surface area contributed by atoms with Crippen molar-refractivity contribution in [3.05, 3.63) is 47.4 Å². The van der Waals surface area contributed by atoms with E-state index in [1.54, 1.807) is 36.0 Å². The molecule has 2 aliphatic carbocycles. The maximum Gasteiger partial charge on any atom is 0.270 e. The summed E-state index contributed by atoms with van der Waals surface area (Å²) in [5, 5.41) is 16.9. The summed E-state index contributed by atoms with van der Waals surface area (Å²) in [5.74, 6) is -0.418. The van der Waals surface area contributed by atoms with Crippen LogP contribution in [0.4, 0.5) is 10.2 Å². The van der Waals surface area contributed by atoms with Crippen molar-refractivity contribution in [1.82, 2.24) is 30.3 Å². The summed E-state index contributed by atoms with van der Waals surface area (Å²) in [6.07, 6.45) is 5.79. The number of pyridine rings is 1. The molecule has 2 aliphatic rings. The van der Waals surface area contributed by atoms with E-state index in [9.17, 15) is 14.0 Å². The van der Waals surface area contributed by atoms with Crippen molar-refractivity contribution in [3.8, 4) is 11.1 Å². The second kappa shape index (κ2) is 9.24. The van der Waals surface area contributed by atoms with Crippen LogP contribution in [0.25, 0.3) is 11.1 Å². The molecule has 0 aromatic carbocycles. The van der Waals surface area contributed by atoms with Crippen molar-refractivity contribution < 1.29 is 14.0 Å². The fourth-order valence-electron chi connectivity index (χ4n) is 5.06. The zero-order valence-corrected chi connectivity index (χ0v) is 20.1. The first kappa shape index (κ1) is 23.2. The van der Waals surface area contributed by atoms with Crippen molar-refractivity contribution in [2.75, 3.05) is 5.32 Å². The number of hydrogen-bond acceptors (Lipinski definition) is 5. The van der Waals surface area contributed by atoms with Gasteiger partial charge in [0.1, 0.15) is 17.6 Å². The summed E-state index contributed by atoms with van der Waals surface area (Å²) in [4.78, 5) is 30.6. The third-order valence-electron chi connectivity index (χ3n) is 7.03. The minimum Gasteiger partial charge on any atom is -0.339 e. The topological polar surface area (TPSA) is 118 Å². The molecule has 35 heavy (non-hydrogen) atoms. The Labute approximate surface area is 202 Å². The van der Waals surface area contributed by atoms with E-state index >= 15 is 0 Å². The Kier molecular flexibility index (Phi) is 6.12. The number of amides is 2. The van der Waals surface area contributed by atoms with Crippen LogP contribution in [0, 0.1) is 37.5 Å². The molecule has 3 heterocycles. The van der Waals surface area contributed by atoms with E-state index in [0.717, 1.165) is 31.4 Å². The lowest BCUT2D eigenvalue weighted by Gasteiger charge is -2.27. The van der Waals surface area contributed by atoms with Gasteiger partial charge in [0, 0.05) is 29.6 Å². The number of aromatic nitrogens is 5. The number of halogens is 1. The van der Waals surface area contributed by atoms with Gasteiger partial charge in [-0.25, -0.2) is 4.98 Å². The molecule has 1 unspecified atom stereocenters. The van der Waals surface area contributed by atoms with Crippen molar-refractivity contribution in [2.24, 2.45) is 17.8 Å². The predicted molar refractivity (Wildman–Crippen MR) is 128 cm³/mol. The van der Waals surface area contributed by atoms with Crippen LogP contribution in [0.15, 0.2) is 24.4 Å². The molecule has 3 aromatic heterocycles. The number of rotatable bonds is 9. The highest BCUT2D eigenvalue weighted by molar-refractivity contribution is 6.00. The minimum atomic E-state index is -0.731. The lowest BCUT2D eigenvalue weighted by atomic mass is 9.88. The normalized spacial score (nSPS) is 16.4. The summed E-state index contributed by atoms with van der Waals surface area (Å²) in [7, 11) is 0. The molecule has 10 heteroatoms. The van der Waals surface area contributed by atoms with Gasteiger partial charge in [0.2, 0.25) is 11.9 Å². The van der Waals surface area contributed by atoms with Crippen LogP contribution in [-0.2, 0) is 11.3 Å². The van der Waals surface area contributed by atoms with Gasteiger partial charge in [0.15, 0.2) is 0 Å². The molecule has 0 spiro atoms. The maximum atomic E-state index is 15.0. The van der Waals surface area contributed by atoms with Gasteiger partial charge < -0.3 is 10.6 Å². The largest absolute Gasteiger partial charge is 0.339 e. The SMILES string of the molecule is CCn1nccc1C(=O)NC(C(=O)Nc1ccc(-c2c(C)n[nH]c2C)c(F)n1)C(C1CC1)C1CC1. The van der Waals surface area contributed by atoms with Gasteiger partial charge in [-0.15, -0.1) is 0 Å². The lowest BCUT2D eigenvalue weighted by molar-refractivity contribution is -0.119. The summed E-state index contributed by atoms with van der Waals surface area (Å²) in [5.41, 5.74) is 2.80.